The van der Waals surface area contributed by atoms with Gasteiger partial charge in [-0.3, -0.25) is 14.4 Å². The highest BCUT2D eigenvalue weighted by atomic mass is 32.1. The van der Waals surface area contributed by atoms with E-state index in [0.29, 0.717) is 28.6 Å². The molecule has 0 bridgehead atoms. The number of benzene rings is 2. The molecule has 0 aliphatic carbocycles. The van der Waals surface area contributed by atoms with Crippen LogP contribution in [0.2, 0.25) is 0 Å². The summed E-state index contributed by atoms with van der Waals surface area (Å²) in [6.07, 6.45) is -0.688. The summed E-state index contributed by atoms with van der Waals surface area (Å²) in [5.41, 5.74) is 0.726. The van der Waals surface area contributed by atoms with E-state index in [9.17, 15) is 14.4 Å². The molecular weight excluding hydrogens is 422 g/mol. The van der Waals surface area contributed by atoms with E-state index >= 15 is 0 Å². The molecule has 31 heavy (non-hydrogen) atoms. The summed E-state index contributed by atoms with van der Waals surface area (Å²) >= 11 is 1.09. The minimum absolute atomic E-state index is 0.231. The van der Waals surface area contributed by atoms with Crippen LogP contribution in [0.15, 0.2) is 53.9 Å². The number of amides is 2. The van der Waals surface area contributed by atoms with Gasteiger partial charge in [-0.1, -0.05) is 24.3 Å². The van der Waals surface area contributed by atoms with Gasteiger partial charge >= 0.3 is 5.97 Å². The fourth-order valence-corrected chi connectivity index (χ4v) is 3.31. The molecule has 0 saturated carbocycles. The second-order valence-electron chi connectivity index (χ2n) is 6.24. The molecule has 0 spiro atoms. The maximum absolute atomic E-state index is 12.3. The number of carbonyl (C=O) groups is 3. The smallest absolute Gasteiger partial charge is 0.309 e. The fourth-order valence-electron chi connectivity index (χ4n) is 2.58. The molecule has 3 rings (SSSR count). The van der Waals surface area contributed by atoms with Gasteiger partial charge in [0.1, 0.15) is 6.42 Å². The lowest BCUT2D eigenvalue weighted by Crippen LogP contribution is -2.21. The van der Waals surface area contributed by atoms with Crippen LogP contribution in [-0.4, -0.2) is 35.0 Å². The molecule has 10 heteroatoms. The van der Waals surface area contributed by atoms with Crippen LogP contribution in [0, 0.1) is 0 Å². The van der Waals surface area contributed by atoms with E-state index < -0.39 is 24.2 Å². The molecule has 1 aromatic heterocycles. The Hall–Kier alpha value is -3.92. The van der Waals surface area contributed by atoms with E-state index in [-0.39, 0.29) is 11.6 Å². The van der Waals surface area contributed by atoms with Crippen molar-refractivity contribution >= 4 is 39.9 Å². The standard InChI is InChI=1S/C21H19N3O6S/c1-29-16-8-4-5-9-17(16)30-15-7-3-2-6-14(15)23-18(25)11-19(26)24-21-22-13(12-31-21)10-20(27)28/h2-9,12H,10-11H2,1H3,(H,23,25)(H,27,28)(H,22,24,26). The molecule has 0 aliphatic rings. The maximum atomic E-state index is 12.3. The maximum Gasteiger partial charge on any atom is 0.309 e. The zero-order valence-electron chi connectivity index (χ0n) is 16.5. The average molecular weight is 441 g/mol. The lowest BCUT2D eigenvalue weighted by Gasteiger charge is -2.14. The Labute approximate surface area is 181 Å². The zero-order chi connectivity index (χ0) is 22.2. The van der Waals surface area contributed by atoms with E-state index in [2.05, 4.69) is 15.6 Å². The number of para-hydroxylation sites is 4. The summed E-state index contributed by atoms with van der Waals surface area (Å²) in [5.74, 6) is -0.734. The first-order chi connectivity index (χ1) is 14.9. The predicted molar refractivity (Wildman–Crippen MR) is 115 cm³/mol. The van der Waals surface area contributed by atoms with Gasteiger partial charge in [0.25, 0.3) is 0 Å². The highest BCUT2D eigenvalue weighted by molar-refractivity contribution is 7.13. The molecule has 9 nitrogen and oxygen atoms in total. The quantitative estimate of drug-likeness (QED) is 0.434. The second kappa shape index (κ2) is 10.2. The van der Waals surface area contributed by atoms with Gasteiger partial charge < -0.3 is 25.2 Å². The third-order valence-corrected chi connectivity index (χ3v) is 4.71. The Morgan fingerprint density at radius 1 is 0.968 bits per heavy atom. The van der Waals surface area contributed by atoms with Crippen molar-refractivity contribution in [3.05, 3.63) is 59.6 Å². The Kier molecular flexibility index (Phi) is 7.17. The van der Waals surface area contributed by atoms with Crippen molar-refractivity contribution in [2.45, 2.75) is 12.8 Å². The number of nitrogens with zero attached hydrogens (tertiary/aromatic N) is 1. The van der Waals surface area contributed by atoms with Crippen LogP contribution in [0.1, 0.15) is 12.1 Å². The molecule has 2 aromatic carbocycles. The summed E-state index contributed by atoms with van der Waals surface area (Å²) in [6, 6.07) is 13.9. The van der Waals surface area contributed by atoms with Gasteiger partial charge in [0.15, 0.2) is 22.4 Å². The molecular formula is C21H19N3O6S. The van der Waals surface area contributed by atoms with Crippen LogP contribution >= 0.6 is 11.3 Å². The monoisotopic (exact) mass is 441 g/mol. The number of nitrogens with one attached hydrogen (secondary N) is 2. The number of aromatic nitrogens is 1. The number of ether oxygens (including phenoxy) is 2. The van der Waals surface area contributed by atoms with Crippen molar-refractivity contribution in [2.75, 3.05) is 17.7 Å². The van der Waals surface area contributed by atoms with Gasteiger partial charge in [-0.2, -0.15) is 0 Å². The van der Waals surface area contributed by atoms with Crippen LogP contribution in [0.5, 0.6) is 17.2 Å². The van der Waals surface area contributed by atoms with Crippen LogP contribution < -0.4 is 20.1 Å². The normalized spacial score (nSPS) is 10.2. The highest BCUT2D eigenvalue weighted by Gasteiger charge is 2.15. The van der Waals surface area contributed by atoms with Gasteiger partial charge in [0, 0.05) is 5.38 Å². The number of carbonyl (C=O) groups excluding carboxylic acids is 2. The van der Waals surface area contributed by atoms with Crippen molar-refractivity contribution in [1.29, 1.82) is 0 Å². The minimum Gasteiger partial charge on any atom is -0.493 e. The van der Waals surface area contributed by atoms with Crippen LogP contribution in [-0.2, 0) is 20.8 Å². The molecule has 160 valence electrons. The number of carboxylic acid groups (broad SMARTS) is 1. The molecule has 3 aromatic rings. The van der Waals surface area contributed by atoms with Gasteiger partial charge in [0.05, 0.1) is 24.9 Å². The third-order valence-electron chi connectivity index (χ3n) is 3.90. The Bertz CT molecular complexity index is 1100. The van der Waals surface area contributed by atoms with E-state index in [4.69, 9.17) is 14.6 Å². The minimum atomic E-state index is -1.02. The molecule has 0 aliphatic heterocycles. The molecule has 0 unspecified atom stereocenters. The highest BCUT2D eigenvalue weighted by Crippen LogP contribution is 2.34. The van der Waals surface area contributed by atoms with Crippen molar-refractivity contribution in [2.24, 2.45) is 0 Å². The molecule has 0 atom stereocenters. The summed E-state index contributed by atoms with van der Waals surface area (Å²) in [7, 11) is 1.53. The Morgan fingerprint density at radius 3 is 2.32 bits per heavy atom. The van der Waals surface area contributed by atoms with Crippen LogP contribution in [0.4, 0.5) is 10.8 Å². The predicted octanol–water partition coefficient (Wildman–Crippen LogP) is 3.54. The number of hydrogen-bond donors (Lipinski definition) is 3. The molecule has 3 N–H and O–H groups in total. The first kappa shape index (κ1) is 21.8. The number of hydrogen-bond acceptors (Lipinski definition) is 7. The van der Waals surface area contributed by atoms with Crippen molar-refractivity contribution in [3.8, 4) is 17.2 Å². The van der Waals surface area contributed by atoms with Gasteiger partial charge in [-0.25, -0.2) is 4.98 Å². The van der Waals surface area contributed by atoms with E-state index in [1.807, 2.05) is 6.07 Å². The van der Waals surface area contributed by atoms with Crippen molar-refractivity contribution in [1.82, 2.24) is 4.98 Å². The van der Waals surface area contributed by atoms with Gasteiger partial charge in [0.2, 0.25) is 11.8 Å². The number of anilines is 2. The summed E-state index contributed by atoms with van der Waals surface area (Å²) in [5, 5.41) is 15.7. The SMILES string of the molecule is COc1ccccc1Oc1ccccc1NC(=O)CC(=O)Nc1nc(CC(=O)O)cs1. The van der Waals surface area contributed by atoms with Gasteiger partial charge in [-0.15, -0.1) is 11.3 Å². The lowest BCUT2D eigenvalue weighted by atomic mass is 10.2. The number of thiazole rings is 1. The topological polar surface area (TPSA) is 127 Å². The lowest BCUT2D eigenvalue weighted by molar-refractivity contribution is -0.136. The second-order valence-corrected chi connectivity index (χ2v) is 7.09. The number of methoxy groups -OCH3 is 1. The number of aliphatic carboxylic acids is 1. The van der Waals surface area contributed by atoms with Crippen molar-refractivity contribution in [3.63, 3.8) is 0 Å². The van der Waals surface area contributed by atoms with E-state index in [1.54, 1.807) is 42.5 Å². The third kappa shape index (κ3) is 6.28. The largest absolute Gasteiger partial charge is 0.493 e. The summed E-state index contributed by atoms with van der Waals surface area (Å²) in [4.78, 5) is 39.2. The average Bonchev–Trinajstić information content (AvgIpc) is 3.15. The van der Waals surface area contributed by atoms with Crippen molar-refractivity contribution < 1.29 is 29.0 Å². The fraction of sp³-hybridized carbons (Fsp3) is 0.143. The summed E-state index contributed by atoms with van der Waals surface area (Å²) < 4.78 is 11.1. The first-order valence-corrected chi connectivity index (χ1v) is 9.98. The van der Waals surface area contributed by atoms with Crippen LogP contribution in [0.25, 0.3) is 0 Å². The van der Waals surface area contributed by atoms with Gasteiger partial charge in [-0.05, 0) is 24.3 Å². The molecule has 2 amide bonds. The van der Waals surface area contributed by atoms with E-state index in [1.165, 1.54) is 12.5 Å². The number of carboxylic acids is 1. The molecule has 0 fully saturated rings. The van der Waals surface area contributed by atoms with E-state index in [0.717, 1.165) is 11.3 Å². The molecule has 0 saturated heterocycles. The Balaban J connectivity index is 1.61. The van der Waals surface area contributed by atoms with Crippen LogP contribution in [0.3, 0.4) is 0 Å². The molecule has 1 heterocycles. The summed E-state index contributed by atoms with van der Waals surface area (Å²) in [6.45, 7) is 0. The zero-order valence-corrected chi connectivity index (χ0v) is 17.3. The first-order valence-electron chi connectivity index (χ1n) is 9.10. The number of rotatable bonds is 9. The molecule has 0 radical (unpaired) electrons. The Morgan fingerprint density at radius 2 is 1.61 bits per heavy atom.